The number of rotatable bonds is 3. The van der Waals surface area contributed by atoms with Gasteiger partial charge in [0.2, 0.25) is 0 Å². The molecule has 0 saturated carbocycles. The van der Waals surface area contributed by atoms with Crippen molar-refractivity contribution in [1.29, 1.82) is 0 Å². The van der Waals surface area contributed by atoms with Crippen molar-refractivity contribution >= 4 is 5.91 Å². The Hall–Kier alpha value is -3.15. The number of amides is 1. The first kappa shape index (κ1) is 18.9. The SMILES string of the molecule is O=C(c1ccccc1O)N1CCC2NNC(c3ccc(-c4ccccc4)cc3)C2C1. The smallest absolute Gasteiger partial charge is 0.257 e. The van der Waals surface area contributed by atoms with Crippen molar-refractivity contribution in [3.8, 4) is 16.9 Å². The molecule has 0 aliphatic carbocycles. The van der Waals surface area contributed by atoms with Crippen LogP contribution in [0.2, 0.25) is 0 Å². The number of para-hydroxylation sites is 1. The molecule has 0 spiro atoms. The number of hydrogen-bond donors (Lipinski definition) is 3. The van der Waals surface area contributed by atoms with E-state index < -0.39 is 0 Å². The van der Waals surface area contributed by atoms with Gasteiger partial charge in [-0.05, 0) is 35.2 Å². The van der Waals surface area contributed by atoms with Gasteiger partial charge in [0.25, 0.3) is 5.91 Å². The summed E-state index contributed by atoms with van der Waals surface area (Å²) in [5.74, 6) is 0.216. The number of nitrogens with zero attached hydrogens (tertiary/aromatic N) is 1. The van der Waals surface area contributed by atoms with Crippen LogP contribution >= 0.6 is 0 Å². The van der Waals surface area contributed by atoms with E-state index in [1.807, 2.05) is 11.0 Å². The summed E-state index contributed by atoms with van der Waals surface area (Å²) < 4.78 is 0. The van der Waals surface area contributed by atoms with Gasteiger partial charge in [0.05, 0.1) is 11.6 Å². The number of phenolic OH excluding ortho intramolecular Hbond substituents is 1. The van der Waals surface area contributed by atoms with Crippen molar-refractivity contribution in [3.05, 3.63) is 90.0 Å². The number of aromatic hydroxyl groups is 1. The molecule has 3 aromatic rings. The van der Waals surface area contributed by atoms with E-state index in [4.69, 9.17) is 0 Å². The summed E-state index contributed by atoms with van der Waals surface area (Å²) in [6, 6.07) is 26.3. The lowest BCUT2D eigenvalue weighted by atomic mass is 9.84. The fourth-order valence-electron chi connectivity index (χ4n) is 4.66. The van der Waals surface area contributed by atoms with E-state index in [1.54, 1.807) is 24.3 Å². The van der Waals surface area contributed by atoms with Crippen LogP contribution in [0.4, 0.5) is 0 Å². The minimum atomic E-state index is -0.100. The van der Waals surface area contributed by atoms with E-state index in [1.165, 1.54) is 16.7 Å². The van der Waals surface area contributed by atoms with Crippen LogP contribution in [0.3, 0.4) is 0 Å². The molecule has 30 heavy (non-hydrogen) atoms. The van der Waals surface area contributed by atoms with Gasteiger partial charge in [-0.3, -0.25) is 10.2 Å². The number of hydrazine groups is 1. The molecule has 2 fully saturated rings. The third-order valence-corrected chi connectivity index (χ3v) is 6.31. The number of nitrogens with one attached hydrogen (secondary N) is 2. The molecule has 0 aromatic heterocycles. The van der Waals surface area contributed by atoms with Gasteiger partial charge in [-0.25, -0.2) is 5.43 Å². The van der Waals surface area contributed by atoms with Crippen LogP contribution < -0.4 is 10.9 Å². The first-order valence-electron chi connectivity index (χ1n) is 10.4. The van der Waals surface area contributed by atoms with Crippen molar-refractivity contribution in [2.75, 3.05) is 13.1 Å². The molecule has 2 aliphatic heterocycles. The molecule has 5 nitrogen and oxygen atoms in total. The second kappa shape index (κ2) is 7.94. The number of carbonyl (C=O) groups is 1. The lowest BCUT2D eigenvalue weighted by molar-refractivity contribution is 0.0649. The first-order chi connectivity index (χ1) is 14.7. The molecule has 3 atom stereocenters. The van der Waals surface area contributed by atoms with E-state index in [2.05, 4.69) is 59.4 Å². The molecule has 2 heterocycles. The highest BCUT2D eigenvalue weighted by molar-refractivity contribution is 5.96. The van der Waals surface area contributed by atoms with Crippen molar-refractivity contribution in [2.24, 2.45) is 5.92 Å². The maximum absolute atomic E-state index is 13.0. The van der Waals surface area contributed by atoms with Crippen molar-refractivity contribution in [3.63, 3.8) is 0 Å². The Morgan fingerprint density at radius 3 is 2.33 bits per heavy atom. The summed E-state index contributed by atoms with van der Waals surface area (Å²) in [5, 5.41) is 10.1. The number of hydrogen-bond acceptors (Lipinski definition) is 4. The van der Waals surface area contributed by atoms with Crippen LogP contribution in [-0.4, -0.2) is 35.0 Å². The van der Waals surface area contributed by atoms with Crippen LogP contribution in [0, 0.1) is 5.92 Å². The van der Waals surface area contributed by atoms with Crippen molar-refractivity contribution in [2.45, 2.75) is 18.5 Å². The highest BCUT2D eigenvalue weighted by Gasteiger charge is 2.41. The number of piperidine rings is 1. The number of likely N-dealkylation sites (tertiary alicyclic amines) is 1. The second-order valence-corrected chi connectivity index (χ2v) is 8.08. The third-order valence-electron chi connectivity index (χ3n) is 6.31. The number of phenols is 1. The fourth-order valence-corrected chi connectivity index (χ4v) is 4.66. The molecule has 3 aromatic carbocycles. The van der Waals surface area contributed by atoms with Crippen molar-refractivity contribution < 1.29 is 9.90 Å². The summed E-state index contributed by atoms with van der Waals surface area (Å²) in [7, 11) is 0. The van der Waals surface area contributed by atoms with Gasteiger partial charge in [-0.15, -0.1) is 0 Å². The largest absolute Gasteiger partial charge is 0.507 e. The van der Waals surface area contributed by atoms with Gasteiger partial charge in [-0.1, -0.05) is 66.7 Å². The minimum absolute atomic E-state index is 0.0420. The van der Waals surface area contributed by atoms with Crippen LogP contribution in [-0.2, 0) is 0 Å². The highest BCUT2D eigenvalue weighted by atomic mass is 16.3. The quantitative estimate of drug-likeness (QED) is 0.628. The molecule has 3 N–H and O–H groups in total. The average Bonchev–Trinajstić information content (AvgIpc) is 3.23. The van der Waals surface area contributed by atoms with E-state index >= 15 is 0 Å². The molecular formula is C25H25N3O2. The van der Waals surface area contributed by atoms with Gasteiger partial charge in [0.15, 0.2) is 0 Å². The van der Waals surface area contributed by atoms with Gasteiger partial charge >= 0.3 is 0 Å². The molecule has 1 amide bonds. The van der Waals surface area contributed by atoms with Gasteiger partial charge in [0.1, 0.15) is 5.75 Å². The molecule has 2 saturated heterocycles. The van der Waals surface area contributed by atoms with Crippen molar-refractivity contribution in [1.82, 2.24) is 15.8 Å². The molecule has 3 unspecified atom stereocenters. The highest BCUT2D eigenvalue weighted by Crippen LogP contribution is 2.35. The summed E-state index contributed by atoms with van der Waals surface area (Å²) in [4.78, 5) is 14.9. The monoisotopic (exact) mass is 399 g/mol. The standard InChI is InChI=1S/C25H25N3O2/c29-23-9-5-4-8-20(23)25(30)28-15-14-22-21(16-28)24(27-26-22)19-12-10-18(11-13-19)17-6-2-1-3-7-17/h1-13,21-22,24,26-27,29H,14-16H2. The maximum atomic E-state index is 13.0. The Morgan fingerprint density at radius 2 is 1.57 bits per heavy atom. The Bertz CT molecular complexity index is 1040. The Kier molecular flexibility index (Phi) is 4.99. The average molecular weight is 399 g/mol. The van der Waals surface area contributed by atoms with Crippen LogP contribution in [0.15, 0.2) is 78.9 Å². The topological polar surface area (TPSA) is 64.6 Å². The zero-order valence-corrected chi connectivity index (χ0v) is 16.7. The van der Waals surface area contributed by atoms with E-state index in [9.17, 15) is 9.90 Å². The first-order valence-corrected chi connectivity index (χ1v) is 10.4. The van der Waals surface area contributed by atoms with Crippen LogP contribution in [0.25, 0.3) is 11.1 Å². The normalized spacial score (nSPS) is 23.2. The van der Waals surface area contributed by atoms with E-state index in [0.717, 1.165) is 6.42 Å². The molecule has 0 radical (unpaired) electrons. The fraction of sp³-hybridized carbons (Fsp3) is 0.240. The predicted molar refractivity (Wildman–Crippen MR) is 117 cm³/mol. The van der Waals surface area contributed by atoms with Gasteiger partial charge < -0.3 is 10.0 Å². The van der Waals surface area contributed by atoms with Crippen LogP contribution in [0.1, 0.15) is 28.4 Å². The summed E-state index contributed by atoms with van der Waals surface area (Å²) in [6.45, 7) is 1.34. The molecule has 5 rings (SSSR count). The summed E-state index contributed by atoms with van der Waals surface area (Å²) in [6.07, 6.45) is 0.885. The number of carbonyl (C=O) groups excluding carboxylic acids is 1. The molecule has 0 bridgehead atoms. The zero-order chi connectivity index (χ0) is 20.5. The van der Waals surface area contributed by atoms with E-state index in [0.29, 0.717) is 24.7 Å². The van der Waals surface area contributed by atoms with Crippen LogP contribution in [0.5, 0.6) is 5.75 Å². The lowest BCUT2D eigenvalue weighted by Crippen LogP contribution is -2.47. The van der Waals surface area contributed by atoms with E-state index in [-0.39, 0.29) is 23.6 Å². The Morgan fingerprint density at radius 1 is 0.867 bits per heavy atom. The predicted octanol–water partition coefficient (Wildman–Crippen LogP) is 3.74. The summed E-state index contributed by atoms with van der Waals surface area (Å²) in [5.41, 5.74) is 10.9. The minimum Gasteiger partial charge on any atom is -0.507 e. The molecule has 5 heteroatoms. The second-order valence-electron chi connectivity index (χ2n) is 8.08. The number of fused-ring (bicyclic) bond motifs is 1. The molecule has 152 valence electrons. The van der Waals surface area contributed by atoms with Gasteiger partial charge in [-0.2, -0.15) is 0 Å². The molecule has 2 aliphatic rings. The Balaban J connectivity index is 1.34. The molecular weight excluding hydrogens is 374 g/mol. The maximum Gasteiger partial charge on any atom is 0.257 e. The Labute approximate surface area is 176 Å². The van der Waals surface area contributed by atoms with Gasteiger partial charge in [0, 0.05) is 25.0 Å². The third kappa shape index (κ3) is 3.47. The number of benzene rings is 3. The zero-order valence-electron chi connectivity index (χ0n) is 16.7. The lowest BCUT2D eigenvalue weighted by Gasteiger charge is -2.36. The summed E-state index contributed by atoms with van der Waals surface area (Å²) >= 11 is 0.